The van der Waals surface area contributed by atoms with Crippen molar-refractivity contribution in [2.24, 2.45) is 0 Å². The number of hydrogen-bond acceptors (Lipinski definition) is 3. The van der Waals surface area contributed by atoms with Gasteiger partial charge in [-0.05, 0) is 44.0 Å². The third-order valence-corrected chi connectivity index (χ3v) is 4.24. The fourth-order valence-corrected chi connectivity index (χ4v) is 2.73. The first-order valence-electron chi connectivity index (χ1n) is 6.94. The second kappa shape index (κ2) is 10.1. The lowest BCUT2D eigenvalue weighted by Gasteiger charge is -2.12. The molecular formula is C15H22ClNO2S. The maximum atomic E-state index is 11.9. The van der Waals surface area contributed by atoms with Crippen molar-refractivity contribution < 1.29 is 9.90 Å². The van der Waals surface area contributed by atoms with E-state index >= 15 is 0 Å². The zero-order chi connectivity index (χ0) is 14.8. The number of nitrogens with one attached hydrogen (secondary N) is 1. The summed E-state index contributed by atoms with van der Waals surface area (Å²) in [5.41, 5.74) is 0. The number of unbranched alkanes of at least 4 members (excludes halogenated alkanes) is 3. The van der Waals surface area contributed by atoms with Crippen molar-refractivity contribution in [3.05, 3.63) is 29.3 Å². The summed E-state index contributed by atoms with van der Waals surface area (Å²) in [4.78, 5) is 12.9. The highest BCUT2D eigenvalue weighted by Gasteiger charge is 2.13. The van der Waals surface area contributed by atoms with Gasteiger partial charge in [-0.3, -0.25) is 4.79 Å². The van der Waals surface area contributed by atoms with Crippen LogP contribution in [0.4, 0.5) is 0 Å². The second-order valence-corrected chi connectivity index (χ2v) is 6.49. The number of halogens is 1. The van der Waals surface area contributed by atoms with Crippen LogP contribution in [-0.2, 0) is 4.79 Å². The minimum atomic E-state index is -0.117. The van der Waals surface area contributed by atoms with Crippen molar-refractivity contribution in [1.29, 1.82) is 0 Å². The molecule has 1 aromatic rings. The highest BCUT2D eigenvalue weighted by Crippen LogP contribution is 2.24. The van der Waals surface area contributed by atoms with Gasteiger partial charge < -0.3 is 10.4 Å². The summed E-state index contributed by atoms with van der Waals surface area (Å²) < 4.78 is 0. The quantitative estimate of drug-likeness (QED) is 0.542. The summed E-state index contributed by atoms with van der Waals surface area (Å²) in [6.45, 7) is 2.86. The first kappa shape index (κ1) is 17.3. The molecule has 0 fully saturated rings. The lowest BCUT2D eigenvalue weighted by atomic mass is 10.2. The second-order valence-electron chi connectivity index (χ2n) is 4.64. The summed E-state index contributed by atoms with van der Waals surface area (Å²) >= 11 is 7.36. The number of carbonyl (C=O) groups is 1. The summed E-state index contributed by atoms with van der Waals surface area (Å²) in [5.74, 6) is 0.0621. The number of carbonyl (C=O) groups excluding carboxylic acids is 1. The summed E-state index contributed by atoms with van der Waals surface area (Å²) in [7, 11) is 0. The zero-order valence-electron chi connectivity index (χ0n) is 11.8. The molecule has 2 N–H and O–H groups in total. The molecule has 1 atom stereocenters. The minimum absolute atomic E-state index is 0.0621. The van der Waals surface area contributed by atoms with Crippen LogP contribution in [-0.4, -0.2) is 29.4 Å². The Hall–Kier alpha value is -0.710. The van der Waals surface area contributed by atoms with Crippen LogP contribution in [0.15, 0.2) is 29.2 Å². The van der Waals surface area contributed by atoms with Gasteiger partial charge in [-0.25, -0.2) is 0 Å². The predicted octanol–water partition coefficient (Wildman–Crippen LogP) is 3.49. The van der Waals surface area contributed by atoms with E-state index in [2.05, 4.69) is 5.32 Å². The van der Waals surface area contributed by atoms with E-state index < -0.39 is 0 Å². The first-order valence-corrected chi connectivity index (χ1v) is 8.20. The van der Waals surface area contributed by atoms with Crippen LogP contribution < -0.4 is 5.32 Å². The van der Waals surface area contributed by atoms with Gasteiger partial charge in [0.05, 0.1) is 5.25 Å². The largest absolute Gasteiger partial charge is 0.396 e. The van der Waals surface area contributed by atoms with E-state index in [0.29, 0.717) is 11.6 Å². The normalized spacial score (nSPS) is 12.2. The van der Waals surface area contributed by atoms with E-state index in [9.17, 15) is 4.79 Å². The number of thioether (sulfide) groups is 1. The average molecular weight is 316 g/mol. The topological polar surface area (TPSA) is 49.3 Å². The third kappa shape index (κ3) is 7.17. The zero-order valence-corrected chi connectivity index (χ0v) is 13.3. The molecular weight excluding hydrogens is 294 g/mol. The molecule has 1 unspecified atom stereocenters. The van der Waals surface area contributed by atoms with Crippen LogP contribution in [0.3, 0.4) is 0 Å². The molecule has 0 spiro atoms. The van der Waals surface area contributed by atoms with Crippen LogP contribution in [0.1, 0.15) is 32.6 Å². The van der Waals surface area contributed by atoms with E-state index in [1.807, 2.05) is 31.2 Å². The molecule has 1 rings (SSSR count). The molecule has 0 aliphatic carbocycles. The van der Waals surface area contributed by atoms with Gasteiger partial charge in [-0.15, -0.1) is 11.8 Å². The highest BCUT2D eigenvalue weighted by atomic mass is 35.5. The van der Waals surface area contributed by atoms with Gasteiger partial charge in [0, 0.05) is 23.1 Å². The summed E-state index contributed by atoms with van der Waals surface area (Å²) in [5, 5.41) is 12.2. The Bertz CT molecular complexity index is 397. The lowest BCUT2D eigenvalue weighted by molar-refractivity contribution is -0.120. The Labute approximate surface area is 130 Å². The molecule has 0 heterocycles. The third-order valence-electron chi connectivity index (χ3n) is 2.88. The van der Waals surface area contributed by atoms with Crippen molar-refractivity contribution in [3.8, 4) is 0 Å². The van der Waals surface area contributed by atoms with Gasteiger partial charge in [-0.1, -0.05) is 24.4 Å². The monoisotopic (exact) mass is 315 g/mol. The van der Waals surface area contributed by atoms with E-state index in [1.54, 1.807) is 0 Å². The molecule has 0 aromatic heterocycles. The molecule has 0 radical (unpaired) electrons. The molecule has 0 aliphatic heterocycles. The Balaban J connectivity index is 2.20. The molecule has 0 bridgehead atoms. The molecule has 0 saturated carbocycles. The Morgan fingerprint density at radius 3 is 2.55 bits per heavy atom. The van der Waals surface area contributed by atoms with Gasteiger partial charge in [0.1, 0.15) is 0 Å². The van der Waals surface area contributed by atoms with Crippen molar-refractivity contribution in [3.63, 3.8) is 0 Å². The van der Waals surface area contributed by atoms with Crippen LogP contribution in [0.5, 0.6) is 0 Å². The smallest absolute Gasteiger partial charge is 0.233 e. The van der Waals surface area contributed by atoms with Crippen molar-refractivity contribution in [2.45, 2.75) is 42.8 Å². The maximum absolute atomic E-state index is 11.9. The van der Waals surface area contributed by atoms with Crippen molar-refractivity contribution in [2.75, 3.05) is 13.2 Å². The number of aliphatic hydroxyl groups is 1. The standard InChI is InChI=1S/C15H22ClNO2S/c1-12(20-14-8-6-13(16)7-9-14)15(19)17-10-4-2-3-5-11-18/h6-9,12,18H,2-5,10-11H2,1H3,(H,17,19). The molecule has 5 heteroatoms. The minimum Gasteiger partial charge on any atom is -0.396 e. The summed E-state index contributed by atoms with van der Waals surface area (Å²) in [6.07, 6.45) is 3.86. The van der Waals surface area contributed by atoms with Crippen LogP contribution in [0.25, 0.3) is 0 Å². The van der Waals surface area contributed by atoms with Gasteiger partial charge in [0.15, 0.2) is 0 Å². The number of amides is 1. The number of hydrogen-bond donors (Lipinski definition) is 2. The van der Waals surface area contributed by atoms with Crippen LogP contribution in [0, 0.1) is 0 Å². The Morgan fingerprint density at radius 1 is 1.25 bits per heavy atom. The van der Waals surface area contributed by atoms with Gasteiger partial charge in [0.25, 0.3) is 0 Å². The molecule has 20 heavy (non-hydrogen) atoms. The molecule has 0 aliphatic rings. The van der Waals surface area contributed by atoms with Crippen molar-refractivity contribution in [1.82, 2.24) is 5.32 Å². The van der Waals surface area contributed by atoms with E-state index in [1.165, 1.54) is 11.8 Å². The number of rotatable bonds is 9. The predicted molar refractivity (Wildman–Crippen MR) is 85.3 cm³/mol. The fraction of sp³-hybridized carbons (Fsp3) is 0.533. The Kier molecular flexibility index (Phi) is 8.74. The van der Waals surface area contributed by atoms with E-state index in [0.717, 1.165) is 30.6 Å². The molecule has 112 valence electrons. The maximum Gasteiger partial charge on any atom is 0.233 e. The summed E-state index contributed by atoms with van der Waals surface area (Å²) in [6, 6.07) is 7.50. The number of aliphatic hydroxyl groups excluding tert-OH is 1. The van der Waals surface area contributed by atoms with Crippen LogP contribution >= 0.6 is 23.4 Å². The fourth-order valence-electron chi connectivity index (χ4n) is 1.72. The average Bonchev–Trinajstić information content (AvgIpc) is 2.45. The van der Waals surface area contributed by atoms with Crippen molar-refractivity contribution >= 4 is 29.3 Å². The van der Waals surface area contributed by atoms with E-state index in [4.69, 9.17) is 16.7 Å². The SMILES string of the molecule is CC(Sc1ccc(Cl)cc1)C(=O)NCCCCCCO. The highest BCUT2D eigenvalue weighted by molar-refractivity contribution is 8.00. The molecule has 0 saturated heterocycles. The lowest BCUT2D eigenvalue weighted by Crippen LogP contribution is -2.31. The molecule has 1 aromatic carbocycles. The molecule has 1 amide bonds. The number of benzene rings is 1. The van der Waals surface area contributed by atoms with E-state index in [-0.39, 0.29) is 17.8 Å². The van der Waals surface area contributed by atoms with Gasteiger partial charge in [-0.2, -0.15) is 0 Å². The van der Waals surface area contributed by atoms with Crippen LogP contribution in [0.2, 0.25) is 5.02 Å². The molecule has 3 nitrogen and oxygen atoms in total. The van der Waals surface area contributed by atoms with Gasteiger partial charge in [0.2, 0.25) is 5.91 Å². The van der Waals surface area contributed by atoms with Gasteiger partial charge >= 0.3 is 0 Å². The Morgan fingerprint density at radius 2 is 1.90 bits per heavy atom. The first-order chi connectivity index (χ1) is 9.63.